The molecule has 0 heterocycles. The summed E-state index contributed by atoms with van der Waals surface area (Å²) in [5.74, 6) is -1.20. The van der Waals surface area contributed by atoms with E-state index in [-0.39, 0.29) is 6.42 Å². The number of anilines is 1. The van der Waals surface area contributed by atoms with Crippen LogP contribution in [0.5, 0.6) is 0 Å². The van der Waals surface area contributed by atoms with Gasteiger partial charge in [0.05, 0.1) is 12.5 Å². The van der Waals surface area contributed by atoms with Crippen LogP contribution in [-0.4, -0.2) is 23.1 Å². The molecule has 0 radical (unpaired) electrons. The number of aliphatic carboxylic acids is 1. The van der Waals surface area contributed by atoms with E-state index in [1.807, 2.05) is 0 Å². The quantitative estimate of drug-likeness (QED) is 0.792. The molecule has 0 saturated carbocycles. The summed E-state index contributed by atoms with van der Waals surface area (Å²) < 4.78 is 0. The molecule has 0 aliphatic heterocycles. The number of amides is 2. The van der Waals surface area contributed by atoms with Crippen LogP contribution < -0.4 is 10.6 Å². The lowest BCUT2D eigenvalue weighted by Crippen LogP contribution is -2.43. The molecule has 120 valence electrons. The molecule has 1 unspecified atom stereocenters. The first-order chi connectivity index (χ1) is 11.1. The molecule has 1 aromatic carbocycles. The maximum Gasteiger partial charge on any atom is 0.327 e. The standard InChI is InChI=1S/C17H19N3O3/c18-8-7-14(16(21)22)19-17(23)20-15-12-5-1-3-10(12)9-11-4-2-6-13(11)15/h9,14H,1-7H2,(H,21,22)(H2,19,20,23). The van der Waals surface area contributed by atoms with E-state index in [1.54, 1.807) is 6.07 Å². The molecule has 2 aliphatic rings. The van der Waals surface area contributed by atoms with Crippen LogP contribution in [0.2, 0.25) is 0 Å². The minimum absolute atomic E-state index is 0.256. The Morgan fingerprint density at radius 2 is 1.78 bits per heavy atom. The summed E-state index contributed by atoms with van der Waals surface area (Å²) in [6.45, 7) is 0. The summed E-state index contributed by atoms with van der Waals surface area (Å²) in [4.78, 5) is 23.3. The summed E-state index contributed by atoms with van der Waals surface area (Å²) in [5.41, 5.74) is 5.84. The Hall–Kier alpha value is -2.55. The Labute approximate surface area is 134 Å². The number of hydrogen-bond acceptors (Lipinski definition) is 3. The van der Waals surface area contributed by atoms with Gasteiger partial charge in [0.15, 0.2) is 0 Å². The fraction of sp³-hybridized carbons (Fsp3) is 0.471. The van der Waals surface area contributed by atoms with Crippen molar-refractivity contribution < 1.29 is 14.7 Å². The minimum Gasteiger partial charge on any atom is -0.480 e. The molecule has 0 bridgehead atoms. The number of carbonyl (C=O) groups excluding carboxylic acids is 1. The number of carboxylic acid groups (broad SMARTS) is 1. The van der Waals surface area contributed by atoms with Crippen LogP contribution >= 0.6 is 0 Å². The third-order valence-corrected chi connectivity index (χ3v) is 4.61. The second-order valence-electron chi connectivity index (χ2n) is 6.09. The number of carboxylic acids is 1. The van der Waals surface area contributed by atoms with Gasteiger partial charge in [0.25, 0.3) is 0 Å². The van der Waals surface area contributed by atoms with Crippen molar-refractivity contribution in [2.24, 2.45) is 0 Å². The first-order valence-electron chi connectivity index (χ1n) is 7.94. The summed E-state index contributed by atoms with van der Waals surface area (Å²) in [6, 6.07) is 2.30. The zero-order valence-electron chi connectivity index (χ0n) is 12.8. The van der Waals surface area contributed by atoms with E-state index < -0.39 is 18.0 Å². The number of rotatable bonds is 4. The van der Waals surface area contributed by atoms with Crippen molar-refractivity contribution in [2.45, 2.75) is 51.0 Å². The van der Waals surface area contributed by atoms with Crippen molar-refractivity contribution >= 4 is 17.7 Å². The molecule has 23 heavy (non-hydrogen) atoms. The largest absolute Gasteiger partial charge is 0.480 e. The number of nitrogens with one attached hydrogen (secondary N) is 2. The number of hydrogen-bond donors (Lipinski definition) is 3. The van der Waals surface area contributed by atoms with Gasteiger partial charge in [-0.25, -0.2) is 9.59 Å². The Bertz CT molecular complexity index is 674. The lowest BCUT2D eigenvalue weighted by Gasteiger charge is -2.18. The van der Waals surface area contributed by atoms with E-state index in [0.717, 1.165) is 44.2 Å². The van der Waals surface area contributed by atoms with Crippen LogP contribution in [0.25, 0.3) is 0 Å². The van der Waals surface area contributed by atoms with Gasteiger partial charge in [0.1, 0.15) is 6.04 Å². The van der Waals surface area contributed by atoms with Gasteiger partial charge < -0.3 is 15.7 Å². The zero-order chi connectivity index (χ0) is 16.4. The molecule has 2 amide bonds. The fourth-order valence-corrected chi connectivity index (χ4v) is 3.57. The molecule has 0 aromatic heterocycles. The van der Waals surface area contributed by atoms with Crippen molar-refractivity contribution in [3.05, 3.63) is 28.3 Å². The number of fused-ring (bicyclic) bond motifs is 2. The van der Waals surface area contributed by atoms with Crippen molar-refractivity contribution in [3.63, 3.8) is 0 Å². The second kappa shape index (κ2) is 6.29. The summed E-state index contributed by atoms with van der Waals surface area (Å²) in [5, 5.41) is 22.9. The molecule has 1 atom stereocenters. The molecule has 1 aromatic rings. The Balaban J connectivity index is 1.82. The molecule has 0 spiro atoms. The molecule has 3 rings (SSSR count). The maximum absolute atomic E-state index is 12.2. The number of benzene rings is 1. The van der Waals surface area contributed by atoms with E-state index in [9.17, 15) is 9.59 Å². The number of nitriles is 1. The first kappa shape index (κ1) is 15.3. The number of nitrogens with zero attached hydrogens (tertiary/aromatic N) is 1. The van der Waals surface area contributed by atoms with Gasteiger partial charge >= 0.3 is 12.0 Å². The molecular formula is C17H19N3O3. The number of aryl methyl sites for hydroxylation is 2. The van der Waals surface area contributed by atoms with Crippen molar-refractivity contribution in [1.29, 1.82) is 5.26 Å². The van der Waals surface area contributed by atoms with Gasteiger partial charge in [0.2, 0.25) is 0 Å². The van der Waals surface area contributed by atoms with Gasteiger partial charge in [-0.05, 0) is 60.8 Å². The molecule has 0 saturated heterocycles. The van der Waals surface area contributed by atoms with E-state index >= 15 is 0 Å². The predicted molar refractivity (Wildman–Crippen MR) is 84.3 cm³/mol. The van der Waals surface area contributed by atoms with Crippen molar-refractivity contribution in [3.8, 4) is 6.07 Å². The Kier molecular flexibility index (Phi) is 4.20. The lowest BCUT2D eigenvalue weighted by molar-refractivity contribution is -0.139. The molecule has 3 N–H and O–H groups in total. The van der Waals surface area contributed by atoms with Crippen molar-refractivity contribution in [2.75, 3.05) is 5.32 Å². The third-order valence-electron chi connectivity index (χ3n) is 4.61. The van der Waals surface area contributed by atoms with Crippen molar-refractivity contribution in [1.82, 2.24) is 5.32 Å². The predicted octanol–water partition coefficient (Wildman–Crippen LogP) is 2.15. The smallest absolute Gasteiger partial charge is 0.327 e. The first-order valence-corrected chi connectivity index (χ1v) is 7.94. The van der Waals surface area contributed by atoms with Crippen LogP contribution in [0.3, 0.4) is 0 Å². The monoisotopic (exact) mass is 313 g/mol. The molecule has 0 fully saturated rings. The maximum atomic E-state index is 12.2. The number of urea groups is 1. The summed E-state index contributed by atoms with van der Waals surface area (Å²) in [6.07, 6.45) is 5.86. The second-order valence-corrected chi connectivity index (χ2v) is 6.09. The van der Waals surface area contributed by atoms with Gasteiger partial charge in [-0.1, -0.05) is 6.07 Å². The topological polar surface area (TPSA) is 102 Å². The van der Waals surface area contributed by atoms with Crippen LogP contribution in [0.15, 0.2) is 6.07 Å². The highest BCUT2D eigenvalue weighted by Gasteiger charge is 2.26. The molecular weight excluding hydrogens is 294 g/mol. The van der Waals surface area contributed by atoms with Gasteiger partial charge in [-0.15, -0.1) is 0 Å². The van der Waals surface area contributed by atoms with E-state index in [0.29, 0.717) is 0 Å². The van der Waals surface area contributed by atoms with E-state index in [1.165, 1.54) is 22.3 Å². The van der Waals surface area contributed by atoms with Crippen LogP contribution in [0.4, 0.5) is 10.5 Å². The normalized spacial score (nSPS) is 16.1. The molecule has 2 aliphatic carbocycles. The van der Waals surface area contributed by atoms with E-state index in [4.69, 9.17) is 10.4 Å². The highest BCUT2D eigenvalue weighted by Crippen LogP contribution is 2.38. The minimum atomic E-state index is -1.20. The Morgan fingerprint density at radius 1 is 1.17 bits per heavy atom. The molecule has 6 nitrogen and oxygen atoms in total. The average Bonchev–Trinajstić information content (AvgIpc) is 3.14. The average molecular weight is 313 g/mol. The third kappa shape index (κ3) is 3.00. The lowest BCUT2D eigenvalue weighted by atomic mass is 9.99. The summed E-state index contributed by atoms with van der Waals surface area (Å²) in [7, 11) is 0. The summed E-state index contributed by atoms with van der Waals surface area (Å²) >= 11 is 0. The SMILES string of the molecule is N#CCC(NC(=O)Nc1c2c(cc3c1CCC3)CCC2)C(=O)O. The number of carbonyl (C=O) groups is 2. The molecule has 6 heteroatoms. The van der Waals surface area contributed by atoms with Gasteiger partial charge in [-0.2, -0.15) is 5.26 Å². The van der Waals surface area contributed by atoms with E-state index in [2.05, 4.69) is 16.7 Å². The highest BCUT2D eigenvalue weighted by molar-refractivity contribution is 5.94. The zero-order valence-corrected chi connectivity index (χ0v) is 12.8. The Morgan fingerprint density at radius 3 is 2.30 bits per heavy atom. The highest BCUT2D eigenvalue weighted by atomic mass is 16.4. The van der Waals surface area contributed by atoms with Gasteiger partial charge in [0, 0.05) is 5.69 Å². The van der Waals surface area contributed by atoms with Gasteiger partial charge in [-0.3, -0.25) is 0 Å². The van der Waals surface area contributed by atoms with Crippen LogP contribution in [0.1, 0.15) is 41.5 Å². The van der Waals surface area contributed by atoms with Crippen LogP contribution in [-0.2, 0) is 30.5 Å². The fourth-order valence-electron chi connectivity index (χ4n) is 3.57. The van der Waals surface area contributed by atoms with Crippen LogP contribution in [0, 0.1) is 11.3 Å².